The molecule has 0 aromatic heterocycles. The standard InChI is InChI=1S/C12H21NO.C5H13NO/c1-3-4-11(13)8-10-5-6-12(14)7-9(10)2;1-4(2)5(6)3-7/h3,9-11H,1,4-8,13H2,2H3;4-5,7H,3,6H2,1-2H3/t9-,10-,11?;/m1./s1. The molecule has 0 aromatic carbocycles. The van der Waals surface area contributed by atoms with Crippen LogP contribution < -0.4 is 11.5 Å². The van der Waals surface area contributed by atoms with Crippen LogP contribution in [0.25, 0.3) is 0 Å². The highest BCUT2D eigenvalue weighted by molar-refractivity contribution is 5.79. The Morgan fingerprint density at radius 2 is 2.05 bits per heavy atom. The zero-order valence-electron chi connectivity index (χ0n) is 13.9. The Morgan fingerprint density at radius 1 is 1.43 bits per heavy atom. The van der Waals surface area contributed by atoms with Gasteiger partial charge in [0.1, 0.15) is 5.78 Å². The molecule has 1 aliphatic carbocycles. The number of aliphatic hydroxyl groups excluding tert-OH is 1. The first-order valence-electron chi connectivity index (χ1n) is 8.06. The summed E-state index contributed by atoms with van der Waals surface area (Å²) >= 11 is 0. The van der Waals surface area contributed by atoms with Gasteiger partial charge in [0.15, 0.2) is 0 Å². The van der Waals surface area contributed by atoms with Crippen molar-refractivity contribution in [3.63, 3.8) is 0 Å². The molecule has 5 N–H and O–H groups in total. The van der Waals surface area contributed by atoms with Crippen molar-refractivity contribution in [2.24, 2.45) is 29.2 Å². The Labute approximate surface area is 130 Å². The third-order valence-corrected chi connectivity index (χ3v) is 4.29. The molecule has 0 aliphatic heterocycles. The fourth-order valence-electron chi connectivity index (χ4n) is 2.52. The van der Waals surface area contributed by atoms with Crippen LogP contribution in [-0.2, 0) is 4.79 Å². The molecule has 4 heteroatoms. The van der Waals surface area contributed by atoms with Gasteiger partial charge >= 0.3 is 0 Å². The molecule has 0 saturated heterocycles. The summed E-state index contributed by atoms with van der Waals surface area (Å²) in [6.45, 7) is 9.93. The lowest BCUT2D eigenvalue weighted by Crippen LogP contribution is -2.30. The summed E-state index contributed by atoms with van der Waals surface area (Å²) in [5, 5.41) is 8.38. The zero-order chi connectivity index (χ0) is 16.4. The van der Waals surface area contributed by atoms with Crippen LogP contribution in [-0.4, -0.2) is 29.6 Å². The smallest absolute Gasteiger partial charge is 0.133 e. The van der Waals surface area contributed by atoms with E-state index in [1.165, 1.54) is 0 Å². The number of Topliss-reactive ketones (excluding diaryl/α,β-unsaturated/α-hetero) is 1. The van der Waals surface area contributed by atoms with Gasteiger partial charge in [0.25, 0.3) is 0 Å². The molecule has 21 heavy (non-hydrogen) atoms. The van der Waals surface area contributed by atoms with Crippen LogP contribution in [0.4, 0.5) is 0 Å². The van der Waals surface area contributed by atoms with E-state index < -0.39 is 0 Å². The number of carbonyl (C=O) groups is 1. The molecule has 0 heterocycles. The number of carbonyl (C=O) groups excluding carboxylic acids is 1. The lowest BCUT2D eigenvalue weighted by molar-refractivity contribution is -0.122. The molecule has 4 nitrogen and oxygen atoms in total. The fraction of sp³-hybridized carbons (Fsp3) is 0.824. The number of hydrogen-bond acceptors (Lipinski definition) is 4. The normalized spacial score (nSPS) is 25.0. The molecule has 0 bridgehead atoms. The molecule has 0 spiro atoms. The summed E-state index contributed by atoms with van der Waals surface area (Å²) in [6.07, 6.45) is 6.35. The first-order chi connectivity index (χ1) is 9.81. The first-order valence-corrected chi connectivity index (χ1v) is 8.06. The van der Waals surface area contributed by atoms with E-state index in [0.717, 1.165) is 32.1 Å². The average Bonchev–Trinajstić information content (AvgIpc) is 2.42. The maximum Gasteiger partial charge on any atom is 0.133 e. The molecule has 4 atom stereocenters. The summed E-state index contributed by atoms with van der Waals surface area (Å²) in [5.74, 6) is 1.98. The van der Waals surface area contributed by atoms with Gasteiger partial charge in [-0.3, -0.25) is 4.79 Å². The van der Waals surface area contributed by atoms with E-state index in [9.17, 15) is 4.79 Å². The van der Waals surface area contributed by atoms with Gasteiger partial charge in [-0.25, -0.2) is 0 Å². The van der Waals surface area contributed by atoms with Crippen LogP contribution in [0.1, 0.15) is 52.9 Å². The lowest BCUT2D eigenvalue weighted by Gasteiger charge is -2.29. The second-order valence-electron chi connectivity index (χ2n) is 6.63. The van der Waals surface area contributed by atoms with Crippen LogP contribution in [0.5, 0.6) is 0 Å². The summed E-state index contributed by atoms with van der Waals surface area (Å²) in [6, 6.07) is 0.188. The van der Waals surface area contributed by atoms with E-state index >= 15 is 0 Å². The van der Waals surface area contributed by atoms with Gasteiger partial charge in [-0.15, -0.1) is 6.58 Å². The molecular formula is C17H34N2O2. The van der Waals surface area contributed by atoms with E-state index in [1.807, 2.05) is 19.9 Å². The highest BCUT2D eigenvalue weighted by atomic mass is 16.3. The second kappa shape index (κ2) is 10.9. The first kappa shape index (κ1) is 20.3. The maximum atomic E-state index is 11.2. The number of hydrogen-bond donors (Lipinski definition) is 3. The van der Waals surface area contributed by atoms with Crippen molar-refractivity contribution in [1.82, 2.24) is 0 Å². The van der Waals surface area contributed by atoms with Crippen molar-refractivity contribution < 1.29 is 9.90 Å². The van der Waals surface area contributed by atoms with E-state index in [1.54, 1.807) is 0 Å². The molecule has 1 rings (SSSR count). The van der Waals surface area contributed by atoms with Crippen molar-refractivity contribution in [3.05, 3.63) is 12.7 Å². The van der Waals surface area contributed by atoms with E-state index in [-0.39, 0.29) is 18.7 Å². The van der Waals surface area contributed by atoms with Gasteiger partial charge in [-0.2, -0.15) is 0 Å². The number of rotatable bonds is 6. The van der Waals surface area contributed by atoms with E-state index in [0.29, 0.717) is 23.5 Å². The largest absolute Gasteiger partial charge is 0.395 e. The van der Waals surface area contributed by atoms with E-state index in [2.05, 4.69) is 13.5 Å². The third-order valence-electron chi connectivity index (χ3n) is 4.29. The van der Waals surface area contributed by atoms with Crippen molar-refractivity contribution in [1.29, 1.82) is 0 Å². The Balaban J connectivity index is 0.000000486. The minimum absolute atomic E-state index is 0.0417. The van der Waals surface area contributed by atoms with E-state index in [4.69, 9.17) is 16.6 Å². The number of aliphatic hydroxyl groups is 1. The van der Waals surface area contributed by atoms with Crippen molar-refractivity contribution >= 4 is 5.78 Å². The summed E-state index contributed by atoms with van der Waals surface area (Å²) in [4.78, 5) is 11.2. The number of nitrogens with two attached hydrogens (primary N) is 2. The van der Waals surface area contributed by atoms with Crippen molar-refractivity contribution in [3.8, 4) is 0 Å². The van der Waals surface area contributed by atoms with Crippen molar-refractivity contribution in [2.75, 3.05) is 6.61 Å². The monoisotopic (exact) mass is 298 g/mol. The van der Waals surface area contributed by atoms with Gasteiger partial charge in [0.05, 0.1) is 6.61 Å². The van der Waals surface area contributed by atoms with Gasteiger partial charge in [0, 0.05) is 24.9 Å². The van der Waals surface area contributed by atoms with Crippen LogP contribution in [0.2, 0.25) is 0 Å². The molecule has 0 aromatic rings. The molecule has 1 fully saturated rings. The van der Waals surface area contributed by atoms with Crippen LogP contribution in [0.15, 0.2) is 12.7 Å². The van der Waals surface area contributed by atoms with Gasteiger partial charge in [0.2, 0.25) is 0 Å². The molecular weight excluding hydrogens is 264 g/mol. The Morgan fingerprint density at radius 3 is 2.43 bits per heavy atom. The minimum atomic E-state index is -0.0417. The molecule has 1 aliphatic rings. The molecule has 1 saturated carbocycles. The van der Waals surface area contributed by atoms with Crippen LogP contribution >= 0.6 is 0 Å². The fourth-order valence-corrected chi connectivity index (χ4v) is 2.52. The van der Waals surface area contributed by atoms with Crippen LogP contribution in [0.3, 0.4) is 0 Å². The Kier molecular flexibility index (Phi) is 10.6. The zero-order valence-corrected chi connectivity index (χ0v) is 13.9. The Bertz CT molecular complexity index is 305. The molecule has 124 valence electrons. The minimum Gasteiger partial charge on any atom is -0.395 e. The van der Waals surface area contributed by atoms with Crippen LogP contribution in [0, 0.1) is 17.8 Å². The predicted molar refractivity (Wildman–Crippen MR) is 88.8 cm³/mol. The average molecular weight is 298 g/mol. The molecule has 0 radical (unpaired) electrons. The molecule has 2 unspecified atom stereocenters. The highest BCUT2D eigenvalue weighted by Crippen LogP contribution is 2.31. The number of ketones is 1. The quantitative estimate of drug-likeness (QED) is 0.656. The topological polar surface area (TPSA) is 89.3 Å². The summed E-state index contributed by atoms with van der Waals surface area (Å²) < 4.78 is 0. The lowest BCUT2D eigenvalue weighted by atomic mass is 9.76. The van der Waals surface area contributed by atoms with Gasteiger partial charge < -0.3 is 16.6 Å². The second-order valence-corrected chi connectivity index (χ2v) is 6.63. The molecule has 0 amide bonds. The summed E-state index contributed by atoms with van der Waals surface area (Å²) in [7, 11) is 0. The Hall–Kier alpha value is -0.710. The maximum absolute atomic E-state index is 11.2. The van der Waals surface area contributed by atoms with Gasteiger partial charge in [-0.05, 0) is 37.0 Å². The SMILES string of the molecule is C=CCC(N)C[C@H]1CCC(=O)C[C@H]1C.CC(C)C(N)CO. The highest BCUT2D eigenvalue weighted by Gasteiger charge is 2.26. The predicted octanol–water partition coefficient (Wildman–Crippen LogP) is 2.25. The third kappa shape index (κ3) is 9.02. The van der Waals surface area contributed by atoms with Crippen molar-refractivity contribution in [2.45, 2.75) is 65.0 Å². The summed E-state index contributed by atoms with van der Waals surface area (Å²) in [5.41, 5.74) is 11.3. The van der Waals surface area contributed by atoms with Gasteiger partial charge in [-0.1, -0.05) is 26.8 Å².